The molecule has 2 aliphatic rings. The van der Waals surface area contributed by atoms with Gasteiger partial charge in [0.05, 0.1) is 53.3 Å². The third-order valence-corrected chi connectivity index (χ3v) is 15.0. The number of likely N-dealkylation sites (tertiary alicyclic amines) is 1. The van der Waals surface area contributed by atoms with E-state index in [0.29, 0.717) is 45.7 Å². The minimum absolute atomic E-state index is 0.0281. The molecule has 0 aliphatic carbocycles. The molecule has 2 aromatic carbocycles. The first-order valence-corrected chi connectivity index (χ1v) is 27.4. The van der Waals surface area contributed by atoms with E-state index in [-0.39, 0.29) is 47.8 Å². The number of carbonyl (C=O) groups is 2. The molecule has 2 aliphatic heterocycles. The molecule has 8 rings (SSSR count). The number of nitrogens with one attached hydrogen (secondary N) is 3. The Labute approximate surface area is 461 Å². The molecule has 3 atom stereocenters. The molecule has 2 fully saturated rings. The Hall–Kier alpha value is -7.73. The summed E-state index contributed by atoms with van der Waals surface area (Å²) in [7, 11) is 0. The van der Waals surface area contributed by atoms with Gasteiger partial charge < -0.3 is 40.5 Å². The highest BCUT2D eigenvalue weighted by Crippen LogP contribution is 2.37. The first-order valence-electron chi connectivity index (χ1n) is 26.5. The average molecular weight is 1100 g/mol. The third kappa shape index (κ3) is 13.4. The van der Waals surface area contributed by atoms with Crippen molar-refractivity contribution in [2.45, 2.75) is 104 Å². The van der Waals surface area contributed by atoms with E-state index in [2.05, 4.69) is 64.2 Å². The second-order valence-corrected chi connectivity index (χ2v) is 21.4. The van der Waals surface area contributed by atoms with E-state index in [0.717, 1.165) is 69.8 Å². The Morgan fingerprint density at radius 2 is 1.77 bits per heavy atom. The normalized spacial score (nSPS) is 16.9. The van der Waals surface area contributed by atoms with Crippen LogP contribution in [0.2, 0.25) is 0 Å². The maximum atomic E-state index is 15.4. The number of anilines is 3. The number of β-amino-alcohol motifs (C(OH)–C–C–N with tert-alkyl or cyclic N) is 1. The third-order valence-electron chi connectivity index (χ3n) is 14.0. The van der Waals surface area contributed by atoms with Crippen LogP contribution in [0, 0.1) is 24.2 Å². The standard InChI is InChI=1S/C56H69FN14O7S/c1-8-22-70-53(75)42-30-60-55(65-51(42)71(70)45-15-13-14-44(64-45)56(6,7)77)63-37-16-18-38(19-17-37)68-26-24-67(25-27-68)23-11-9-10-12-28-78-46(66-58)31-59-48(34(2)3)54(76)69-32-39(72)29-43(69)52(74)62-35(4)40-20-21-41(47(57)49(40)73)50-36(5)61-33-79-50/h8,13-21,30-31,33-35,39,43,58,72-73,77H,1,9-12,22-29,32H2,2-7H3,(H,62,74)(H,60,63,65)/b46-31+,59-48?,66-58?/t35-,39?,43-/m0/s1. The molecule has 1 unspecified atom stereocenters. The number of phenolic OH excluding ortho intramolecular Hbond substituents is 1. The van der Waals surface area contributed by atoms with E-state index < -0.39 is 53.1 Å². The van der Waals surface area contributed by atoms with Crippen molar-refractivity contribution < 1.29 is 34.0 Å². The van der Waals surface area contributed by atoms with Crippen molar-refractivity contribution in [2.24, 2.45) is 16.0 Å². The zero-order valence-electron chi connectivity index (χ0n) is 45.4. The van der Waals surface area contributed by atoms with Gasteiger partial charge in [0, 0.05) is 73.8 Å². The number of ether oxygens (including phenoxy) is 1. The number of piperazine rings is 1. The highest BCUT2D eigenvalue weighted by Gasteiger charge is 2.41. The predicted molar refractivity (Wildman–Crippen MR) is 301 cm³/mol. The number of aliphatic hydroxyl groups is 2. The van der Waals surface area contributed by atoms with E-state index in [1.807, 2.05) is 12.1 Å². The minimum Gasteiger partial charge on any atom is -0.505 e. The number of aliphatic imine (C=N–C) groups is 1. The van der Waals surface area contributed by atoms with Crippen molar-refractivity contribution in [3.05, 3.63) is 124 Å². The van der Waals surface area contributed by atoms with E-state index in [1.54, 1.807) is 82.1 Å². The lowest BCUT2D eigenvalue weighted by Crippen LogP contribution is -2.49. The fourth-order valence-electron chi connectivity index (χ4n) is 9.73. The summed E-state index contributed by atoms with van der Waals surface area (Å²) in [5.41, 5.74) is 11.6. The zero-order chi connectivity index (χ0) is 56.5. The number of benzene rings is 2. The highest BCUT2D eigenvalue weighted by molar-refractivity contribution is 7.13. The number of aryl methyl sites for hydroxylation is 1. The van der Waals surface area contributed by atoms with Crippen molar-refractivity contribution in [2.75, 3.05) is 56.1 Å². The van der Waals surface area contributed by atoms with Gasteiger partial charge in [-0.1, -0.05) is 44.9 Å². The van der Waals surface area contributed by atoms with E-state index >= 15 is 4.39 Å². The quantitative estimate of drug-likeness (QED) is 0.0117. The molecule has 0 radical (unpaired) electrons. The van der Waals surface area contributed by atoms with Gasteiger partial charge in [0.15, 0.2) is 23.0 Å². The van der Waals surface area contributed by atoms with Crippen molar-refractivity contribution in [1.29, 1.82) is 5.53 Å². The number of unbranched alkanes of at least 4 members (excludes halogenated alkanes) is 3. The Kier molecular flexibility index (Phi) is 18.5. The topological polar surface area (TPSA) is 265 Å². The maximum absolute atomic E-state index is 15.4. The van der Waals surface area contributed by atoms with Crippen LogP contribution in [0.4, 0.5) is 21.7 Å². The van der Waals surface area contributed by atoms with Crippen molar-refractivity contribution in [3.8, 4) is 22.0 Å². The maximum Gasteiger partial charge on any atom is 0.278 e. The summed E-state index contributed by atoms with van der Waals surface area (Å²) in [6.45, 7) is 19.0. The number of allylic oxidation sites excluding steroid dienone is 1. The number of pyridine rings is 1. The van der Waals surface area contributed by atoms with Crippen LogP contribution in [0.1, 0.15) is 89.7 Å². The number of aromatic hydroxyl groups is 1. The fraction of sp³-hybridized carbons (Fsp3) is 0.429. The number of rotatable bonds is 23. The predicted octanol–water partition coefficient (Wildman–Crippen LogP) is 7.88. The summed E-state index contributed by atoms with van der Waals surface area (Å²) in [5, 5.41) is 41.9. The second-order valence-electron chi connectivity index (χ2n) is 20.6. The summed E-state index contributed by atoms with van der Waals surface area (Å²) in [4.78, 5) is 70.1. The molecule has 0 spiro atoms. The SMILES string of the molecule is C=CCn1c(=O)c2cnc(Nc3ccc(N4CCN(CCCCCCO/C(=C/N=C(C(=O)N5CC(O)C[C@H]5C(=O)N[C@@H](C)c5ccc(-c6scnc6C)c(F)c5O)C(C)C)N=N)CC4)cc3)nc2n1-c1cccc(C(C)(C)O)n1. The molecule has 6 aromatic rings. The van der Waals surface area contributed by atoms with Gasteiger partial charge in [0.1, 0.15) is 22.7 Å². The Morgan fingerprint density at radius 1 is 1.03 bits per heavy atom. The molecule has 79 heavy (non-hydrogen) atoms. The van der Waals surface area contributed by atoms with Gasteiger partial charge in [-0.2, -0.15) is 4.98 Å². The van der Waals surface area contributed by atoms with Crippen LogP contribution in [-0.2, 0) is 26.5 Å². The lowest BCUT2D eigenvalue weighted by molar-refractivity contribution is -0.134. The molecule has 0 bridgehead atoms. The number of carbonyl (C=O) groups excluding carboxylic acids is 2. The Bertz CT molecular complexity index is 3290. The number of aliphatic hydroxyl groups excluding tert-OH is 1. The molecular weight excluding hydrogens is 1030 g/mol. The van der Waals surface area contributed by atoms with Crippen LogP contribution in [0.3, 0.4) is 0 Å². The number of phenols is 1. The summed E-state index contributed by atoms with van der Waals surface area (Å²) >= 11 is 1.25. The molecular formula is C56H69FN14O7S. The smallest absolute Gasteiger partial charge is 0.278 e. The summed E-state index contributed by atoms with van der Waals surface area (Å²) in [6.07, 6.45) is 7.01. The first-order chi connectivity index (χ1) is 37.9. The van der Waals surface area contributed by atoms with E-state index in [9.17, 15) is 29.7 Å². The van der Waals surface area contributed by atoms with Crippen LogP contribution >= 0.6 is 11.3 Å². The summed E-state index contributed by atoms with van der Waals surface area (Å²) < 4.78 is 24.3. The Balaban J connectivity index is 0.766. The fourth-order valence-corrected chi connectivity index (χ4v) is 10.6. The largest absolute Gasteiger partial charge is 0.505 e. The van der Waals surface area contributed by atoms with Gasteiger partial charge in [0.2, 0.25) is 11.9 Å². The highest BCUT2D eigenvalue weighted by atomic mass is 32.1. The molecule has 21 nitrogen and oxygen atoms in total. The van der Waals surface area contributed by atoms with Gasteiger partial charge in [-0.15, -0.1) is 23.0 Å². The number of fused-ring (bicyclic) bond motifs is 1. The van der Waals surface area contributed by atoms with Gasteiger partial charge in [-0.25, -0.2) is 39.2 Å². The van der Waals surface area contributed by atoms with Gasteiger partial charge >= 0.3 is 0 Å². The zero-order valence-corrected chi connectivity index (χ0v) is 46.2. The minimum atomic E-state index is -1.19. The second kappa shape index (κ2) is 25.4. The number of aromatic nitrogens is 6. The van der Waals surface area contributed by atoms with Crippen molar-refractivity contribution in [3.63, 3.8) is 0 Å². The van der Waals surface area contributed by atoms with Gasteiger partial charge in [-0.3, -0.25) is 19.3 Å². The number of amides is 2. The molecule has 418 valence electrons. The molecule has 2 saturated heterocycles. The van der Waals surface area contributed by atoms with Crippen LogP contribution in [0.25, 0.3) is 27.3 Å². The molecule has 2 amide bonds. The molecule has 23 heteroatoms. The number of thiazole rings is 1. The van der Waals surface area contributed by atoms with Crippen LogP contribution in [0.15, 0.2) is 106 Å². The van der Waals surface area contributed by atoms with Crippen LogP contribution in [-0.4, -0.2) is 130 Å². The lowest BCUT2D eigenvalue weighted by Gasteiger charge is -2.36. The monoisotopic (exact) mass is 1100 g/mol. The molecule has 6 N–H and O–H groups in total. The lowest BCUT2D eigenvalue weighted by atomic mass is 10.0. The van der Waals surface area contributed by atoms with Crippen LogP contribution < -0.4 is 21.1 Å². The van der Waals surface area contributed by atoms with E-state index in [1.165, 1.54) is 39.4 Å². The number of halogens is 1. The van der Waals surface area contributed by atoms with Gasteiger partial charge in [-0.05, 0) is 89.5 Å². The summed E-state index contributed by atoms with van der Waals surface area (Å²) in [5.74, 6) is -2.30. The van der Waals surface area contributed by atoms with Crippen LogP contribution in [0.5, 0.6) is 5.75 Å². The molecule has 4 aromatic heterocycles. The number of hydrogen-bond donors (Lipinski definition) is 6. The summed E-state index contributed by atoms with van der Waals surface area (Å²) in [6, 6.07) is 14.5. The van der Waals surface area contributed by atoms with Crippen molar-refractivity contribution >= 4 is 57.2 Å². The number of hydrogen-bond acceptors (Lipinski definition) is 18. The van der Waals surface area contributed by atoms with Gasteiger partial charge in [0.25, 0.3) is 17.3 Å². The first kappa shape index (κ1) is 57.4. The number of nitrogens with zero attached hydrogens (tertiary/aromatic N) is 11. The molecule has 0 saturated carbocycles. The average Bonchev–Trinajstić information content (AvgIpc) is 4.29. The van der Waals surface area contributed by atoms with E-state index in [4.69, 9.17) is 15.3 Å². The molecule has 6 heterocycles. The Morgan fingerprint density at radius 3 is 2.46 bits per heavy atom. The van der Waals surface area contributed by atoms with Crippen molar-refractivity contribution in [1.82, 2.24) is 44.4 Å².